The van der Waals surface area contributed by atoms with E-state index in [1.165, 1.54) is 11.1 Å². The molecule has 0 radical (unpaired) electrons. The van der Waals surface area contributed by atoms with Crippen molar-refractivity contribution in [3.05, 3.63) is 102 Å². The molecule has 3 aromatic rings. The van der Waals surface area contributed by atoms with E-state index in [1.807, 2.05) is 18.3 Å². The standard InChI is InChI=1S/C28H31N3O/c32-27(14-13-23-8-7-16-29-18-23)31-17-15-28(22-31)20-30(21-28)19-26(24-9-3-1-4-10-24)25-11-5-2-6-12-25/h1-12,16,18,26H,13-15,17,19-22H2. The molecule has 2 saturated heterocycles. The Balaban J connectivity index is 1.17. The molecular weight excluding hydrogens is 394 g/mol. The molecule has 164 valence electrons. The molecule has 0 bridgehead atoms. The molecule has 2 fully saturated rings. The number of aromatic nitrogens is 1. The number of hydrogen-bond donors (Lipinski definition) is 0. The van der Waals surface area contributed by atoms with Crippen molar-refractivity contribution in [3.8, 4) is 0 Å². The van der Waals surface area contributed by atoms with Gasteiger partial charge in [0.2, 0.25) is 5.91 Å². The molecule has 5 rings (SSSR count). The zero-order chi connectivity index (χ0) is 21.8. The SMILES string of the molecule is O=C(CCc1cccnc1)N1CCC2(CN(CC(c3ccccc3)c3ccccc3)C2)C1. The predicted octanol–water partition coefficient (Wildman–Crippen LogP) is 4.38. The first-order chi connectivity index (χ1) is 15.7. The van der Waals surface area contributed by atoms with E-state index in [4.69, 9.17) is 0 Å². The fraction of sp³-hybridized carbons (Fsp3) is 0.357. The average molecular weight is 426 g/mol. The molecule has 2 aliphatic rings. The van der Waals surface area contributed by atoms with Crippen molar-refractivity contribution >= 4 is 5.91 Å². The fourth-order valence-corrected chi connectivity index (χ4v) is 5.43. The third-order valence-electron chi connectivity index (χ3n) is 7.10. The van der Waals surface area contributed by atoms with Gasteiger partial charge < -0.3 is 9.80 Å². The molecule has 1 spiro atoms. The summed E-state index contributed by atoms with van der Waals surface area (Å²) in [5.74, 6) is 0.670. The van der Waals surface area contributed by atoms with Gasteiger partial charge in [0.05, 0.1) is 0 Å². The molecule has 4 heteroatoms. The van der Waals surface area contributed by atoms with Crippen LogP contribution in [0.15, 0.2) is 85.2 Å². The maximum Gasteiger partial charge on any atom is 0.222 e. The maximum absolute atomic E-state index is 12.8. The van der Waals surface area contributed by atoms with Crippen LogP contribution in [0.5, 0.6) is 0 Å². The molecule has 3 heterocycles. The Kier molecular flexibility index (Phi) is 6.04. The van der Waals surface area contributed by atoms with E-state index in [9.17, 15) is 4.79 Å². The fourth-order valence-electron chi connectivity index (χ4n) is 5.43. The Bertz CT molecular complexity index is 977. The molecule has 1 aromatic heterocycles. The Morgan fingerprint density at radius 1 is 0.906 bits per heavy atom. The summed E-state index contributed by atoms with van der Waals surface area (Å²) in [7, 11) is 0. The number of benzene rings is 2. The smallest absolute Gasteiger partial charge is 0.222 e. The first-order valence-electron chi connectivity index (χ1n) is 11.7. The van der Waals surface area contributed by atoms with Gasteiger partial charge in [-0.2, -0.15) is 0 Å². The van der Waals surface area contributed by atoms with E-state index >= 15 is 0 Å². The summed E-state index contributed by atoms with van der Waals surface area (Å²) in [5, 5.41) is 0. The summed E-state index contributed by atoms with van der Waals surface area (Å²) in [6, 6.07) is 25.7. The first-order valence-corrected chi connectivity index (χ1v) is 11.7. The molecular formula is C28H31N3O. The molecule has 2 aliphatic heterocycles. The van der Waals surface area contributed by atoms with Crippen LogP contribution in [0, 0.1) is 5.41 Å². The number of carbonyl (C=O) groups excluding carboxylic acids is 1. The Labute approximate surface area is 190 Å². The second-order valence-electron chi connectivity index (χ2n) is 9.47. The quantitative estimate of drug-likeness (QED) is 0.564. The van der Waals surface area contributed by atoms with Gasteiger partial charge in [-0.15, -0.1) is 0 Å². The predicted molar refractivity (Wildman–Crippen MR) is 127 cm³/mol. The van der Waals surface area contributed by atoms with Crippen LogP contribution in [0.25, 0.3) is 0 Å². The van der Waals surface area contributed by atoms with Gasteiger partial charge in [-0.05, 0) is 35.6 Å². The number of pyridine rings is 1. The number of rotatable bonds is 7. The Morgan fingerprint density at radius 2 is 1.59 bits per heavy atom. The van der Waals surface area contributed by atoms with E-state index in [2.05, 4.69) is 75.4 Å². The van der Waals surface area contributed by atoms with E-state index in [-0.39, 0.29) is 5.91 Å². The molecule has 32 heavy (non-hydrogen) atoms. The van der Waals surface area contributed by atoms with Gasteiger partial charge in [0, 0.05) is 62.9 Å². The molecule has 0 N–H and O–H groups in total. The lowest BCUT2D eigenvalue weighted by Gasteiger charge is -2.49. The van der Waals surface area contributed by atoms with Crippen LogP contribution < -0.4 is 0 Å². The highest BCUT2D eigenvalue weighted by Gasteiger charge is 2.48. The summed E-state index contributed by atoms with van der Waals surface area (Å²) in [6.07, 6.45) is 6.12. The first kappa shape index (κ1) is 20.9. The van der Waals surface area contributed by atoms with Crippen LogP contribution in [0.3, 0.4) is 0 Å². The number of aryl methyl sites for hydroxylation is 1. The lowest BCUT2D eigenvalue weighted by molar-refractivity contribution is -0.131. The summed E-state index contributed by atoms with van der Waals surface area (Å²) in [5.41, 5.74) is 4.18. The van der Waals surface area contributed by atoms with Crippen LogP contribution >= 0.6 is 0 Å². The van der Waals surface area contributed by atoms with E-state index < -0.39 is 0 Å². The molecule has 1 amide bonds. The van der Waals surface area contributed by atoms with Gasteiger partial charge in [-0.1, -0.05) is 66.7 Å². The number of hydrogen-bond acceptors (Lipinski definition) is 3. The van der Waals surface area contributed by atoms with Crippen LogP contribution in [0.1, 0.15) is 35.4 Å². The van der Waals surface area contributed by atoms with Crippen molar-refractivity contribution in [2.24, 2.45) is 5.41 Å². The van der Waals surface area contributed by atoms with Gasteiger partial charge in [-0.3, -0.25) is 9.78 Å². The minimum atomic E-state index is 0.288. The zero-order valence-electron chi connectivity index (χ0n) is 18.6. The molecule has 2 aromatic carbocycles. The highest BCUT2D eigenvalue weighted by Crippen LogP contribution is 2.41. The second kappa shape index (κ2) is 9.25. The largest absolute Gasteiger partial charge is 0.342 e. The number of nitrogens with zero attached hydrogens (tertiary/aromatic N) is 3. The summed E-state index contributed by atoms with van der Waals surface area (Å²) >= 11 is 0. The van der Waals surface area contributed by atoms with E-state index in [1.54, 1.807) is 6.20 Å². The molecule has 0 atom stereocenters. The minimum absolute atomic E-state index is 0.288. The third kappa shape index (κ3) is 4.61. The minimum Gasteiger partial charge on any atom is -0.342 e. The van der Waals surface area contributed by atoms with Gasteiger partial charge in [0.15, 0.2) is 0 Å². The lowest BCUT2D eigenvalue weighted by Crippen LogP contribution is -2.58. The van der Waals surface area contributed by atoms with Gasteiger partial charge in [0.1, 0.15) is 0 Å². The number of likely N-dealkylation sites (tertiary alicyclic amines) is 2. The molecule has 0 aliphatic carbocycles. The maximum atomic E-state index is 12.8. The van der Waals surface area contributed by atoms with Crippen LogP contribution in [-0.4, -0.2) is 53.4 Å². The third-order valence-corrected chi connectivity index (χ3v) is 7.10. The second-order valence-corrected chi connectivity index (χ2v) is 9.47. The normalized spacial score (nSPS) is 17.6. The highest BCUT2D eigenvalue weighted by molar-refractivity contribution is 5.76. The number of amides is 1. The molecule has 4 nitrogen and oxygen atoms in total. The van der Waals surface area contributed by atoms with Gasteiger partial charge >= 0.3 is 0 Å². The molecule has 0 unspecified atom stereocenters. The Hall–Kier alpha value is -2.98. The Morgan fingerprint density at radius 3 is 2.22 bits per heavy atom. The summed E-state index contributed by atoms with van der Waals surface area (Å²) in [4.78, 5) is 21.6. The van der Waals surface area contributed by atoms with Crippen LogP contribution in [-0.2, 0) is 11.2 Å². The van der Waals surface area contributed by atoms with Crippen molar-refractivity contribution in [2.75, 3.05) is 32.7 Å². The van der Waals surface area contributed by atoms with E-state index in [0.29, 0.717) is 17.8 Å². The summed E-state index contributed by atoms with van der Waals surface area (Å²) < 4.78 is 0. The summed E-state index contributed by atoms with van der Waals surface area (Å²) in [6.45, 7) is 5.03. The van der Waals surface area contributed by atoms with Crippen LogP contribution in [0.2, 0.25) is 0 Å². The highest BCUT2D eigenvalue weighted by atomic mass is 16.2. The van der Waals surface area contributed by atoms with Gasteiger partial charge in [0.25, 0.3) is 0 Å². The zero-order valence-corrected chi connectivity index (χ0v) is 18.6. The monoisotopic (exact) mass is 425 g/mol. The topological polar surface area (TPSA) is 36.4 Å². The van der Waals surface area contributed by atoms with Crippen molar-refractivity contribution in [1.82, 2.24) is 14.8 Å². The van der Waals surface area contributed by atoms with Gasteiger partial charge in [-0.25, -0.2) is 0 Å². The van der Waals surface area contributed by atoms with Crippen molar-refractivity contribution in [1.29, 1.82) is 0 Å². The van der Waals surface area contributed by atoms with Crippen LogP contribution in [0.4, 0.5) is 0 Å². The number of carbonyl (C=O) groups is 1. The van der Waals surface area contributed by atoms with Crippen molar-refractivity contribution < 1.29 is 4.79 Å². The van der Waals surface area contributed by atoms with Crippen molar-refractivity contribution in [3.63, 3.8) is 0 Å². The van der Waals surface area contributed by atoms with E-state index in [0.717, 1.165) is 51.1 Å². The lowest BCUT2D eigenvalue weighted by atomic mass is 9.77. The van der Waals surface area contributed by atoms with Crippen molar-refractivity contribution in [2.45, 2.75) is 25.2 Å². The molecule has 0 saturated carbocycles. The average Bonchev–Trinajstić information content (AvgIpc) is 3.28.